The van der Waals surface area contributed by atoms with Crippen molar-refractivity contribution in [3.05, 3.63) is 74.9 Å². The zero-order valence-corrected chi connectivity index (χ0v) is 16.8. The van der Waals surface area contributed by atoms with Crippen molar-refractivity contribution in [3.63, 3.8) is 0 Å². The quantitative estimate of drug-likeness (QED) is 0.614. The molecular weight excluding hydrogens is 368 g/mol. The maximum atomic E-state index is 12.3. The van der Waals surface area contributed by atoms with Crippen molar-refractivity contribution in [2.24, 2.45) is 0 Å². The van der Waals surface area contributed by atoms with E-state index in [9.17, 15) is 9.59 Å². The number of hydrogen-bond donors (Lipinski definition) is 1. The van der Waals surface area contributed by atoms with Crippen LogP contribution in [0.2, 0.25) is 0 Å². The second kappa shape index (κ2) is 8.13. The minimum absolute atomic E-state index is 0.0304. The summed E-state index contributed by atoms with van der Waals surface area (Å²) in [7, 11) is 3.92. The van der Waals surface area contributed by atoms with Gasteiger partial charge in [-0.1, -0.05) is 18.2 Å². The van der Waals surface area contributed by atoms with E-state index in [1.54, 1.807) is 6.26 Å². The monoisotopic (exact) mass is 394 g/mol. The Hall–Kier alpha value is -3.06. The molecule has 2 aromatic carbocycles. The summed E-state index contributed by atoms with van der Waals surface area (Å²) in [4.78, 5) is 30.9. The number of benzene rings is 1. The van der Waals surface area contributed by atoms with Gasteiger partial charge in [0, 0.05) is 38.4 Å². The van der Waals surface area contributed by atoms with Crippen LogP contribution in [0.15, 0.2) is 62.7 Å². The van der Waals surface area contributed by atoms with Gasteiger partial charge in [0.05, 0.1) is 12.3 Å². The number of furan rings is 1. The van der Waals surface area contributed by atoms with Crippen molar-refractivity contribution in [1.82, 2.24) is 4.90 Å². The number of anilines is 3. The summed E-state index contributed by atoms with van der Waals surface area (Å²) in [5.41, 5.74) is 1.33. The first kappa shape index (κ1) is 19.3. The molecule has 0 spiro atoms. The number of nitrogens with zero attached hydrogens (tertiary/aromatic N) is 3. The van der Waals surface area contributed by atoms with Gasteiger partial charge in [0.1, 0.15) is 17.1 Å². The van der Waals surface area contributed by atoms with Gasteiger partial charge < -0.3 is 19.5 Å². The number of likely N-dealkylation sites (N-methyl/N-ethyl adjacent to an activating group) is 1. The number of piperazine rings is 1. The molecule has 4 rings (SSSR count). The highest BCUT2D eigenvalue weighted by molar-refractivity contribution is 5.75. The first-order valence-electron chi connectivity index (χ1n) is 9.88. The van der Waals surface area contributed by atoms with Crippen LogP contribution < -0.4 is 26.0 Å². The second-order valence-electron chi connectivity index (χ2n) is 7.57. The average Bonchev–Trinajstić information content (AvgIpc) is 3.28. The molecule has 0 amide bonds. The van der Waals surface area contributed by atoms with Crippen LogP contribution in [0, 0.1) is 0 Å². The molecule has 0 saturated carbocycles. The predicted octanol–water partition coefficient (Wildman–Crippen LogP) is 1.92. The molecule has 7 heteroatoms. The van der Waals surface area contributed by atoms with E-state index in [-0.39, 0.29) is 11.5 Å². The summed E-state index contributed by atoms with van der Waals surface area (Å²) < 4.78 is 5.52. The zero-order chi connectivity index (χ0) is 20.4. The van der Waals surface area contributed by atoms with E-state index >= 15 is 0 Å². The molecular formula is C22H26N4O3. The van der Waals surface area contributed by atoms with Crippen molar-refractivity contribution in [1.29, 1.82) is 0 Å². The molecule has 1 N–H and O–H groups in total. The molecule has 3 aromatic rings. The van der Waals surface area contributed by atoms with E-state index in [0.29, 0.717) is 31.0 Å². The topological polar surface area (TPSA) is 69.0 Å². The van der Waals surface area contributed by atoms with Crippen LogP contribution in [0.1, 0.15) is 11.8 Å². The number of hydrogen-bond acceptors (Lipinski definition) is 7. The Morgan fingerprint density at radius 3 is 2.28 bits per heavy atom. The van der Waals surface area contributed by atoms with Crippen LogP contribution in [0.4, 0.5) is 17.1 Å². The summed E-state index contributed by atoms with van der Waals surface area (Å²) >= 11 is 0. The number of para-hydroxylation sites is 1. The molecule has 0 unspecified atom stereocenters. The Kier molecular flexibility index (Phi) is 5.40. The lowest BCUT2D eigenvalue weighted by atomic mass is 10.1. The lowest BCUT2D eigenvalue weighted by molar-refractivity contribution is 0.269. The molecule has 152 valence electrons. The number of nitrogens with one attached hydrogen (secondary N) is 1. The zero-order valence-electron chi connectivity index (χ0n) is 16.8. The fourth-order valence-corrected chi connectivity index (χ4v) is 3.89. The minimum Gasteiger partial charge on any atom is -0.468 e. The van der Waals surface area contributed by atoms with Gasteiger partial charge in [-0.05, 0) is 38.4 Å². The van der Waals surface area contributed by atoms with E-state index in [1.807, 2.05) is 54.2 Å². The highest BCUT2D eigenvalue weighted by Gasteiger charge is 2.29. The molecule has 0 bridgehead atoms. The van der Waals surface area contributed by atoms with Gasteiger partial charge >= 0.3 is 0 Å². The molecule has 1 aliphatic heterocycles. The Labute approximate surface area is 169 Å². The van der Waals surface area contributed by atoms with Gasteiger partial charge in [0.15, 0.2) is 0 Å². The molecule has 0 radical (unpaired) electrons. The molecule has 1 aromatic heterocycles. The minimum atomic E-state index is -0.428. The van der Waals surface area contributed by atoms with E-state index in [2.05, 4.69) is 22.3 Å². The summed E-state index contributed by atoms with van der Waals surface area (Å²) in [5, 5.41) is 3.21. The average molecular weight is 394 g/mol. The number of rotatable bonds is 7. The van der Waals surface area contributed by atoms with Gasteiger partial charge in [0.25, 0.3) is 10.9 Å². The maximum absolute atomic E-state index is 12.3. The third-order valence-electron chi connectivity index (χ3n) is 5.57. The van der Waals surface area contributed by atoms with Crippen LogP contribution in [0.25, 0.3) is 0 Å². The fourth-order valence-electron chi connectivity index (χ4n) is 3.89. The Morgan fingerprint density at radius 1 is 0.966 bits per heavy atom. The van der Waals surface area contributed by atoms with Gasteiger partial charge in [-0.3, -0.25) is 14.5 Å². The maximum Gasteiger partial charge on any atom is 0.253 e. The van der Waals surface area contributed by atoms with Crippen molar-refractivity contribution < 1.29 is 4.42 Å². The lowest BCUT2D eigenvalue weighted by Gasteiger charge is -2.38. The Bertz CT molecular complexity index is 999. The highest BCUT2D eigenvalue weighted by Crippen LogP contribution is 2.25. The van der Waals surface area contributed by atoms with Crippen molar-refractivity contribution >= 4 is 17.1 Å². The van der Waals surface area contributed by atoms with E-state index in [0.717, 1.165) is 18.8 Å². The molecule has 2 heterocycles. The lowest BCUT2D eigenvalue weighted by Crippen LogP contribution is -2.51. The fraction of sp³-hybridized carbons (Fsp3) is 0.364. The van der Waals surface area contributed by atoms with Gasteiger partial charge in [-0.15, -0.1) is 0 Å². The largest absolute Gasteiger partial charge is 0.468 e. The van der Waals surface area contributed by atoms with Gasteiger partial charge in [0.2, 0.25) is 0 Å². The SMILES string of the molecule is CN(C)[C@@H](CNc1c(N2CCN(c3ccccc3)CC2)c(=O)c1=O)c1ccco1. The summed E-state index contributed by atoms with van der Waals surface area (Å²) in [6.45, 7) is 3.54. The third kappa shape index (κ3) is 3.78. The van der Waals surface area contributed by atoms with Crippen LogP contribution in [0.5, 0.6) is 0 Å². The molecule has 0 aliphatic carbocycles. The highest BCUT2D eigenvalue weighted by atomic mass is 16.3. The summed E-state index contributed by atoms with van der Waals surface area (Å²) in [6.07, 6.45) is 1.64. The van der Waals surface area contributed by atoms with Crippen molar-refractivity contribution in [3.8, 4) is 0 Å². The van der Waals surface area contributed by atoms with Gasteiger partial charge in [-0.2, -0.15) is 0 Å². The molecule has 1 aliphatic rings. The smallest absolute Gasteiger partial charge is 0.253 e. The Balaban J connectivity index is 1.43. The standard InChI is InChI=1S/C22H26N4O3/c1-24(2)17(18-9-6-14-29-18)15-23-19-20(22(28)21(19)27)26-12-10-25(11-13-26)16-7-4-3-5-8-16/h3-9,14,17,23H,10-13,15H2,1-2H3/t17-/m0/s1. The van der Waals surface area contributed by atoms with Crippen molar-refractivity contribution in [2.45, 2.75) is 6.04 Å². The molecule has 1 fully saturated rings. The predicted molar refractivity (Wildman–Crippen MR) is 116 cm³/mol. The van der Waals surface area contributed by atoms with E-state index in [1.165, 1.54) is 5.69 Å². The molecule has 7 nitrogen and oxygen atoms in total. The normalized spacial score (nSPS) is 15.8. The van der Waals surface area contributed by atoms with Crippen LogP contribution in [0.3, 0.4) is 0 Å². The van der Waals surface area contributed by atoms with E-state index < -0.39 is 5.43 Å². The van der Waals surface area contributed by atoms with E-state index in [4.69, 9.17) is 4.42 Å². The third-order valence-corrected chi connectivity index (χ3v) is 5.57. The first-order valence-corrected chi connectivity index (χ1v) is 9.88. The molecule has 1 saturated heterocycles. The summed E-state index contributed by atoms with van der Waals surface area (Å²) in [5.74, 6) is 0.819. The molecule has 1 atom stereocenters. The van der Waals surface area contributed by atoms with Gasteiger partial charge in [-0.25, -0.2) is 0 Å². The van der Waals surface area contributed by atoms with Crippen LogP contribution in [-0.4, -0.2) is 51.7 Å². The Morgan fingerprint density at radius 2 is 1.66 bits per heavy atom. The second-order valence-corrected chi connectivity index (χ2v) is 7.57. The summed E-state index contributed by atoms with van der Waals surface area (Å²) in [6, 6.07) is 14.0. The van der Waals surface area contributed by atoms with Crippen molar-refractivity contribution in [2.75, 3.05) is 61.9 Å². The first-order chi connectivity index (χ1) is 14.1. The van der Waals surface area contributed by atoms with Crippen LogP contribution in [-0.2, 0) is 0 Å². The molecule has 29 heavy (non-hydrogen) atoms. The van der Waals surface area contributed by atoms with Crippen LogP contribution >= 0.6 is 0 Å².